The highest BCUT2D eigenvalue weighted by Gasteiger charge is 2.11. The summed E-state index contributed by atoms with van der Waals surface area (Å²) in [5.41, 5.74) is 2.42. The molecule has 3 rings (SSSR count). The van der Waals surface area contributed by atoms with E-state index >= 15 is 0 Å². The van der Waals surface area contributed by atoms with E-state index in [9.17, 15) is 4.79 Å². The number of carbonyl (C=O) groups excluding carboxylic acids is 1. The van der Waals surface area contributed by atoms with Crippen molar-refractivity contribution in [3.05, 3.63) is 90.3 Å². The summed E-state index contributed by atoms with van der Waals surface area (Å²) in [6.07, 6.45) is 6.70. The number of carbonyl (C=O) groups is 1. The predicted molar refractivity (Wildman–Crippen MR) is 97.1 cm³/mol. The van der Waals surface area contributed by atoms with Crippen molar-refractivity contribution in [1.82, 2.24) is 19.9 Å². The topological polar surface area (TPSA) is 68.2 Å². The van der Waals surface area contributed by atoms with E-state index in [1.807, 2.05) is 36.4 Å². The minimum atomic E-state index is -0.344. The van der Waals surface area contributed by atoms with E-state index < -0.39 is 0 Å². The molecule has 0 saturated carbocycles. The summed E-state index contributed by atoms with van der Waals surface area (Å²) in [5.74, 6) is -0.344. The van der Waals surface area contributed by atoms with Gasteiger partial charge >= 0.3 is 5.97 Å². The molecule has 0 bridgehead atoms. The predicted octanol–water partition coefficient (Wildman–Crippen LogP) is 2.73. The normalized spacial score (nSPS) is 10.7. The van der Waals surface area contributed by atoms with Gasteiger partial charge in [0.05, 0.1) is 17.0 Å². The Morgan fingerprint density at radius 3 is 2.00 bits per heavy atom. The quantitative estimate of drug-likeness (QED) is 0.583. The van der Waals surface area contributed by atoms with Crippen LogP contribution >= 0.6 is 0 Å². The van der Waals surface area contributed by atoms with Crippen molar-refractivity contribution in [2.24, 2.45) is 0 Å². The van der Waals surface area contributed by atoms with Crippen molar-refractivity contribution >= 4 is 5.97 Å². The van der Waals surface area contributed by atoms with Crippen molar-refractivity contribution in [1.29, 1.82) is 0 Å². The molecule has 3 heterocycles. The Balaban J connectivity index is 1.59. The highest BCUT2D eigenvalue weighted by Crippen LogP contribution is 2.07. The Morgan fingerprint density at radius 2 is 1.46 bits per heavy atom. The largest absolute Gasteiger partial charge is 0.461 e. The number of hydrogen-bond acceptors (Lipinski definition) is 6. The summed E-state index contributed by atoms with van der Waals surface area (Å²) in [4.78, 5) is 26.9. The average Bonchev–Trinajstić information content (AvgIpc) is 2.70. The molecule has 0 aliphatic rings. The first-order valence-corrected chi connectivity index (χ1v) is 8.40. The Hall–Kier alpha value is -3.12. The molecule has 0 amide bonds. The third kappa shape index (κ3) is 5.46. The van der Waals surface area contributed by atoms with Crippen LogP contribution in [0, 0.1) is 0 Å². The Labute approximate surface area is 152 Å². The van der Waals surface area contributed by atoms with Crippen LogP contribution in [0.15, 0.2) is 73.3 Å². The summed E-state index contributed by atoms with van der Waals surface area (Å²) in [6.45, 7) is 2.19. The zero-order valence-corrected chi connectivity index (χ0v) is 14.4. The van der Waals surface area contributed by atoms with Gasteiger partial charge in [-0.05, 0) is 36.4 Å². The van der Waals surface area contributed by atoms with Crippen LogP contribution in [0.5, 0.6) is 0 Å². The van der Waals surface area contributed by atoms with E-state index in [0.717, 1.165) is 11.4 Å². The molecule has 132 valence electrons. The average molecular weight is 348 g/mol. The first kappa shape index (κ1) is 17.7. The van der Waals surface area contributed by atoms with Crippen molar-refractivity contribution < 1.29 is 9.53 Å². The van der Waals surface area contributed by atoms with Crippen LogP contribution in [0.1, 0.15) is 21.7 Å². The number of hydrogen-bond donors (Lipinski definition) is 0. The molecule has 0 aromatic carbocycles. The maximum absolute atomic E-state index is 12.0. The number of pyridine rings is 3. The molecule has 0 spiro atoms. The van der Waals surface area contributed by atoms with Gasteiger partial charge in [0.1, 0.15) is 6.61 Å². The molecule has 0 atom stereocenters. The van der Waals surface area contributed by atoms with E-state index in [1.54, 1.807) is 36.9 Å². The van der Waals surface area contributed by atoms with Gasteiger partial charge in [-0.25, -0.2) is 4.79 Å². The number of nitrogens with zero attached hydrogens (tertiary/aromatic N) is 4. The maximum atomic E-state index is 12.0. The number of aromatic nitrogens is 3. The van der Waals surface area contributed by atoms with Gasteiger partial charge in [0.15, 0.2) is 0 Å². The van der Waals surface area contributed by atoms with Crippen LogP contribution in [0.4, 0.5) is 0 Å². The van der Waals surface area contributed by atoms with Crippen molar-refractivity contribution in [3.63, 3.8) is 0 Å². The van der Waals surface area contributed by atoms with Crippen LogP contribution in [-0.4, -0.2) is 39.0 Å². The minimum absolute atomic E-state index is 0.292. The Bertz CT molecular complexity index is 756. The van der Waals surface area contributed by atoms with Crippen LogP contribution in [0.3, 0.4) is 0 Å². The molecule has 3 aromatic rings. The van der Waals surface area contributed by atoms with Gasteiger partial charge in [-0.1, -0.05) is 12.1 Å². The summed E-state index contributed by atoms with van der Waals surface area (Å²) in [7, 11) is 0. The second kappa shape index (κ2) is 9.39. The molecule has 0 radical (unpaired) electrons. The van der Waals surface area contributed by atoms with E-state index in [2.05, 4.69) is 19.9 Å². The fourth-order valence-electron chi connectivity index (χ4n) is 2.49. The smallest absolute Gasteiger partial charge is 0.338 e. The van der Waals surface area contributed by atoms with Crippen LogP contribution in [0.2, 0.25) is 0 Å². The number of esters is 1. The molecule has 3 aromatic heterocycles. The standard InChI is InChI=1S/C20H20N4O2/c25-20(17-7-11-21-12-8-17)26-14-13-24(15-18-5-1-3-9-22-18)16-19-6-2-4-10-23-19/h1-12H,13-16H2. The summed E-state index contributed by atoms with van der Waals surface area (Å²) < 4.78 is 5.38. The molecule has 6 heteroatoms. The van der Waals surface area contributed by atoms with Gasteiger partial charge in [0.25, 0.3) is 0 Å². The van der Waals surface area contributed by atoms with Gasteiger partial charge < -0.3 is 4.74 Å². The van der Waals surface area contributed by atoms with E-state index in [0.29, 0.717) is 31.8 Å². The minimum Gasteiger partial charge on any atom is -0.461 e. The Kier molecular flexibility index (Phi) is 6.39. The summed E-state index contributed by atoms with van der Waals surface area (Å²) in [6, 6.07) is 15.0. The molecule has 0 aliphatic carbocycles. The molecule has 0 saturated heterocycles. The summed E-state index contributed by atoms with van der Waals surface area (Å²) >= 11 is 0. The van der Waals surface area contributed by atoms with E-state index in [1.165, 1.54) is 0 Å². The zero-order chi connectivity index (χ0) is 18.0. The van der Waals surface area contributed by atoms with Crippen molar-refractivity contribution in [3.8, 4) is 0 Å². The van der Waals surface area contributed by atoms with E-state index in [4.69, 9.17) is 4.74 Å². The first-order chi connectivity index (χ1) is 12.8. The number of rotatable bonds is 8. The second-order valence-electron chi connectivity index (χ2n) is 5.72. The zero-order valence-electron chi connectivity index (χ0n) is 14.4. The lowest BCUT2D eigenvalue weighted by Crippen LogP contribution is -2.28. The van der Waals surface area contributed by atoms with Gasteiger partial charge in [0.2, 0.25) is 0 Å². The fourth-order valence-corrected chi connectivity index (χ4v) is 2.49. The van der Waals surface area contributed by atoms with Crippen molar-refractivity contribution in [2.75, 3.05) is 13.2 Å². The third-order valence-corrected chi connectivity index (χ3v) is 3.78. The molecular weight excluding hydrogens is 328 g/mol. The molecule has 26 heavy (non-hydrogen) atoms. The summed E-state index contributed by atoms with van der Waals surface area (Å²) in [5, 5.41) is 0. The lowest BCUT2D eigenvalue weighted by atomic mass is 10.3. The molecule has 0 aliphatic heterocycles. The third-order valence-electron chi connectivity index (χ3n) is 3.78. The van der Waals surface area contributed by atoms with E-state index in [-0.39, 0.29) is 5.97 Å². The van der Waals surface area contributed by atoms with Gasteiger partial charge in [-0.15, -0.1) is 0 Å². The molecule has 0 unspecified atom stereocenters. The molecule has 6 nitrogen and oxygen atoms in total. The highest BCUT2D eigenvalue weighted by atomic mass is 16.5. The van der Waals surface area contributed by atoms with Gasteiger partial charge in [-0.2, -0.15) is 0 Å². The monoisotopic (exact) mass is 348 g/mol. The first-order valence-electron chi connectivity index (χ1n) is 8.40. The lowest BCUT2D eigenvalue weighted by molar-refractivity contribution is 0.0452. The van der Waals surface area contributed by atoms with Crippen LogP contribution in [0.25, 0.3) is 0 Å². The van der Waals surface area contributed by atoms with Crippen LogP contribution in [-0.2, 0) is 17.8 Å². The molecule has 0 fully saturated rings. The SMILES string of the molecule is O=C(OCCN(Cc1ccccn1)Cc1ccccn1)c1ccncc1. The maximum Gasteiger partial charge on any atom is 0.338 e. The highest BCUT2D eigenvalue weighted by molar-refractivity contribution is 5.89. The van der Waals surface area contributed by atoms with Gasteiger partial charge in [0, 0.05) is 44.4 Å². The fraction of sp³-hybridized carbons (Fsp3) is 0.200. The van der Waals surface area contributed by atoms with Gasteiger partial charge in [-0.3, -0.25) is 19.9 Å². The Morgan fingerprint density at radius 1 is 0.846 bits per heavy atom. The molecular formula is C20H20N4O2. The molecule has 0 N–H and O–H groups in total. The van der Waals surface area contributed by atoms with Crippen molar-refractivity contribution in [2.45, 2.75) is 13.1 Å². The second-order valence-corrected chi connectivity index (χ2v) is 5.72. The number of ether oxygens (including phenoxy) is 1. The van der Waals surface area contributed by atoms with Crippen LogP contribution < -0.4 is 0 Å². The lowest BCUT2D eigenvalue weighted by Gasteiger charge is -2.21.